The van der Waals surface area contributed by atoms with E-state index in [4.69, 9.17) is 4.74 Å². The van der Waals surface area contributed by atoms with Gasteiger partial charge < -0.3 is 4.74 Å². The zero-order chi connectivity index (χ0) is 19.4. The first-order chi connectivity index (χ1) is 12.9. The number of aromatic nitrogens is 2. The molecule has 1 saturated heterocycles. The lowest BCUT2D eigenvalue weighted by atomic mass is 10.1. The Kier molecular flexibility index (Phi) is 6.18. The van der Waals surface area contributed by atoms with Crippen LogP contribution in [0.2, 0.25) is 0 Å². The first-order valence-electron chi connectivity index (χ1n) is 9.40. The molecule has 148 valence electrons. The number of rotatable bonds is 8. The second-order valence-electron chi connectivity index (χ2n) is 6.88. The zero-order valence-electron chi connectivity index (χ0n) is 16.2. The Morgan fingerprint density at radius 2 is 1.89 bits per heavy atom. The smallest absolute Gasteiger partial charge is 0.244 e. The number of aryl methyl sites for hydroxylation is 2. The van der Waals surface area contributed by atoms with Gasteiger partial charge in [-0.2, -0.15) is 5.10 Å². The van der Waals surface area contributed by atoms with E-state index in [0.29, 0.717) is 24.5 Å². The van der Waals surface area contributed by atoms with E-state index in [2.05, 4.69) is 19.8 Å². The normalized spacial score (nSPS) is 16.6. The van der Waals surface area contributed by atoms with Crippen LogP contribution in [0.4, 0.5) is 0 Å². The predicted molar refractivity (Wildman–Crippen MR) is 104 cm³/mol. The lowest BCUT2D eigenvalue weighted by Crippen LogP contribution is -2.37. The summed E-state index contributed by atoms with van der Waals surface area (Å²) in [5.41, 5.74) is 2.13. The van der Waals surface area contributed by atoms with Gasteiger partial charge in [-0.05, 0) is 64.4 Å². The molecule has 2 aromatic rings. The monoisotopic (exact) mass is 392 g/mol. The van der Waals surface area contributed by atoms with Crippen molar-refractivity contribution in [3.63, 3.8) is 0 Å². The van der Waals surface area contributed by atoms with Crippen LogP contribution in [0.15, 0.2) is 29.2 Å². The van der Waals surface area contributed by atoms with Crippen LogP contribution in [-0.4, -0.2) is 49.8 Å². The minimum Gasteiger partial charge on any atom is -0.494 e. The van der Waals surface area contributed by atoms with E-state index in [9.17, 15) is 8.42 Å². The van der Waals surface area contributed by atoms with Crippen LogP contribution in [0, 0.1) is 13.8 Å². The quantitative estimate of drug-likeness (QED) is 0.721. The molecular formula is C19H28N4O3S. The molecule has 0 saturated carbocycles. The first-order valence-corrected chi connectivity index (χ1v) is 10.9. The number of sulfonamides is 1. The molecule has 0 aliphatic carbocycles. The second kappa shape index (κ2) is 8.41. The third kappa shape index (κ3) is 4.51. The maximum Gasteiger partial charge on any atom is 0.244 e. The van der Waals surface area contributed by atoms with Crippen LogP contribution in [0.5, 0.6) is 5.75 Å². The Hall–Kier alpha value is -1.90. The summed E-state index contributed by atoms with van der Waals surface area (Å²) in [4.78, 5) is 2.59. The Bertz CT molecular complexity index is 836. The second-order valence-corrected chi connectivity index (χ2v) is 8.58. The van der Waals surface area contributed by atoms with Crippen LogP contribution in [0.25, 0.3) is 0 Å². The number of hydrogen-bond donors (Lipinski definition) is 2. The van der Waals surface area contributed by atoms with Crippen LogP contribution in [0.1, 0.15) is 42.8 Å². The fourth-order valence-corrected chi connectivity index (χ4v) is 5.07. The number of ether oxygens (including phenoxy) is 1. The van der Waals surface area contributed by atoms with Gasteiger partial charge in [-0.25, -0.2) is 13.1 Å². The van der Waals surface area contributed by atoms with E-state index in [1.165, 1.54) is 0 Å². The summed E-state index contributed by atoms with van der Waals surface area (Å²) >= 11 is 0. The lowest BCUT2D eigenvalue weighted by molar-refractivity contribution is 0.246. The highest BCUT2D eigenvalue weighted by Crippen LogP contribution is 2.27. The molecule has 2 N–H and O–H groups in total. The van der Waals surface area contributed by atoms with Crippen molar-refractivity contribution >= 4 is 10.0 Å². The van der Waals surface area contributed by atoms with Crippen molar-refractivity contribution in [3.8, 4) is 5.75 Å². The predicted octanol–water partition coefficient (Wildman–Crippen LogP) is 2.54. The van der Waals surface area contributed by atoms with Crippen molar-refractivity contribution in [2.45, 2.75) is 44.6 Å². The van der Waals surface area contributed by atoms with Gasteiger partial charge in [-0.3, -0.25) is 10.00 Å². The summed E-state index contributed by atoms with van der Waals surface area (Å²) in [5, 5.41) is 6.75. The van der Waals surface area contributed by atoms with Crippen LogP contribution >= 0.6 is 0 Å². The summed E-state index contributed by atoms with van der Waals surface area (Å²) in [6.45, 7) is 8.27. The summed E-state index contributed by atoms with van der Waals surface area (Å²) < 4.78 is 33.9. The third-order valence-corrected chi connectivity index (χ3v) is 6.64. The molecule has 7 nitrogen and oxygen atoms in total. The van der Waals surface area contributed by atoms with Gasteiger partial charge in [0.1, 0.15) is 10.6 Å². The molecule has 1 unspecified atom stereocenters. The van der Waals surface area contributed by atoms with E-state index in [1.54, 1.807) is 13.8 Å². The standard InChI is InChI=1S/C19H28N4O3S/c1-4-26-17-9-7-16(8-10-17)18(23-11-5-6-12-23)13-20-27(24,25)19-14(2)21-22-15(19)3/h7-10,18,20H,4-6,11-13H2,1-3H3,(H,21,22). The number of likely N-dealkylation sites (tertiary alicyclic amines) is 1. The average Bonchev–Trinajstić information content (AvgIpc) is 3.27. The largest absolute Gasteiger partial charge is 0.494 e. The van der Waals surface area contributed by atoms with Gasteiger partial charge >= 0.3 is 0 Å². The molecule has 1 aromatic heterocycles. The maximum absolute atomic E-state index is 12.8. The summed E-state index contributed by atoms with van der Waals surface area (Å²) in [6.07, 6.45) is 2.28. The van der Waals surface area contributed by atoms with Crippen molar-refractivity contribution in [2.75, 3.05) is 26.2 Å². The van der Waals surface area contributed by atoms with E-state index in [0.717, 1.165) is 37.2 Å². The van der Waals surface area contributed by atoms with Gasteiger partial charge in [0.25, 0.3) is 0 Å². The molecule has 27 heavy (non-hydrogen) atoms. The number of nitrogens with zero attached hydrogens (tertiary/aromatic N) is 2. The molecular weight excluding hydrogens is 364 g/mol. The molecule has 0 spiro atoms. The zero-order valence-corrected chi connectivity index (χ0v) is 17.0. The molecule has 1 aromatic carbocycles. The number of aromatic amines is 1. The molecule has 3 rings (SSSR count). The minimum atomic E-state index is -3.62. The molecule has 1 aliphatic rings. The fraction of sp³-hybridized carbons (Fsp3) is 0.526. The molecule has 0 radical (unpaired) electrons. The van der Waals surface area contributed by atoms with Crippen molar-refractivity contribution < 1.29 is 13.2 Å². The van der Waals surface area contributed by atoms with Crippen LogP contribution < -0.4 is 9.46 Å². The molecule has 0 amide bonds. The maximum atomic E-state index is 12.8. The molecule has 0 bridgehead atoms. The molecule has 1 atom stereocenters. The summed E-state index contributed by atoms with van der Waals surface area (Å²) in [6, 6.07) is 7.93. The van der Waals surface area contributed by atoms with Crippen molar-refractivity contribution in [1.29, 1.82) is 0 Å². The molecule has 8 heteroatoms. The number of H-pyrrole nitrogens is 1. The van der Waals surface area contributed by atoms with Crippen LogP contribution in [0.3, 0.4) is 0 Å². The van der Waals surface area contributed by atoms with Gasteiger partial charge in [-0.15, -0.1) is 0 Å². The highest BCUT2D eigenvalue weighted by molar-refractivity contribution is 7.89. The summed E-state index contributed by atoms with van der Waals surface area (Å²) in [5.74, 6) is 0.826. The highest BCUT2D eigenvalue weighted by Gasteiger charge is 2.27. The highest BCUT2D eigenvalue weighted by atomic mass is 32.2. The number of hydrogen-bond acceptors (Lipinski definition) is 5. The number of benzene rings is 1. The van der Waals surface area contributed by atoms with E-state index in [1.807, 2.05) is 31.2 Å². The van der Waals surface area contributed by atoms with Crippen molar-refractivity contribution in [3.05, 3.63) is 41.2 Å². The SMILES string of the molecule is CCOc1ccc(C(CNS(=O)(=O)c2c(C)n[nH]c2C)N2CCCC2)cc1. The molecule has 2 heterocycles. The molecule has 1 fully saturated rings. The van der Waals surface area contributed by atoms with Gasteiger partial charge in [0.15, 0.2) is 0 Å². The number of nitrogens with one attached hydrogen (secondary N) is 2. The van der Waals surface area contributed by atoms with E-state index < -0.39 is 10.0 Å². The topological polar surface area (TPSA) is 87.3 Å². The van der Waals surface area contributed by atoms with Gasteiger partial charge in [0, 0.05) is 12.6 Å². The Morgan fingerprint density at radius 3 is 2.44 bits per heavy atom. The van der Waals surface area contributed by atoms with Gasteiger partial charge in [-0.1, -0.05) is 12.1 Å². The first kappa shape index (κ1) is 19.9. The fourth-order valence-electron chi connectivity index (χ4n) is 3.66. The Morgan fingerprint density at radius 1 is 1.22 bits per heavy atom. The third-order valence-electron chi connectivity index (χ3n) is 4.95. The van der Waals surface area contributed by atoms with Crippen molar-refractivity contribution in [1.82, 2.24) is 19.8 Å². The summed E-state index contributed by atoms with van der Waals surface area (Å²) in [7, 11) is -3.62. The van der Waals surface area contributed by atoms with E-state index in [-0.39, 0.29) is 10.9 Å². The van der Waals surface area contributed by atoms with Gasteiger partial charge in [0.05, 0.1) is 18.0 Å². The van der Waals surface area contributed by atoms with Crippen molar-refractivity contribution in [2.24, 2.45) is 0 Å². The Labute approximate surface area is 161 Å². The van der Waals surface area contributed by atoms with Gasteiger partial charge in [0.2, 0.25) is 10.0 Å². The van der Waals surface area contributed by atoms with Crippen LogP contribution in [-0.2, 0) is 10.0 Å². The Balaban J connectivity index is 1.80. The van der Waals surface area contributed by atoms with E-state index >= 15 is 0 Å². The minimum absolute atomic E-state index is 0.00883. The average molecular weight is 393 g/mol. The lowest BCUT2D eigenvalue weighted by Gasteiger charge is -2.28. The molecule has 1 aliphatic heterocycles.